The van der Waals surface area contributed by atoms with Crippen molar-refractivity contribution in [2.45, 2.75) is 37.2 Å². The van der Waals surface area contributed by atoms with E-state index in [0.717, 1.165) is 11.4 Å². The fraction of sp³-hybridized carbons (Fsp3) is 0.667. The smallest absolute Gasteiger partial charge is 0.237 e. The number of carbonyl (C=O) groups excluding carboxylic acids is 1. The number of hydrogen-bond acceptors (Lipinski definition) is 5. The molecule has 6 nitrogen and oxygen atoms in total. The average molecular weight is 284 g/mol. The second kappa shape index (κ2) is 6.40. The van der Waals surface area contributed by atoms with E-state index >= 15 is 0 Å². The Kier molecular flexibility index (Phi) is 4.84. The van der Waals surface area contributed by atoms with E-state index in [9.17, 15) is 9.90 Å². The molecule has 7 heteroatoms. The molecule has 0 radical (unpaired) electrons. The summed E-state index contributed by atoms with van der Waals surface area (Å²) in [6.45, 7) is 2.61. The average Bonchev–Trinajstić information content (AvgIpc) is 2.87. The maximum absolute atomic E-state index is 12.2. The molecule has 0 spiro atoms. The summed E-state index contributed by atoms with van der Waals surface area (Å²) in [7, 11) is 0. The molecular weight excluding hydrogens is 264 g/mol. The molecule has 106 valence electrons. The molecule has 2 rings (SSSR count). The first-order valence-electron chi connectivity index (χ1n) is 6.34. The topological polar surface area (TPSA) is 90.0 Å². The van der Waals surface area contributed by atoms with Crippen LogP contribution < -0.4 is 10.6 Å². The third kappa shape index (κ3) is 3.29. The lowest BCUT2D eigenvalue weighted by atomic mass is 10.0. The van der Waals surface area contributed by atoms with Gasteiger partial charge < -0.3 is 15.4 Å². The zero-order chi connectivity index (χ0) is 13.8. The van der Waals surface area contributed by atoms with Crippen molar-refractivity contribution in [1.82, 2.24) is 20.6 Å². The van der Waals surface area contributed by atoms with E-state index in [1.54, 1.807) is 18.1 Å². The maximum atomic E-state index is 12.2. The number of aliphatic hydroxyl groups is 1. The molecule has 0 saturated carbocycles. The van der Waals surface area contributed by atoms with Gasteiger partial charge in [0.25, 0.3) is 0 Å². The van der Waals surface area contributed by atoms with Crippen molar-refractivity contribution in [2.24, 2.45) is 0 Å². The third-order valence-electron chi connectivity index (χ3n) is 3.46. The molecule has 2 heterocycles. The van der Waals surface area contributed by atoms with Crippen molar-refractivity contribution in [2.75, 3.05) is 12.9 Å². The maximum Gasteiger partial charge on any atom is 0.237 e. The highest BCUT2D eigenvalue weighted by Gasteiger charge is 2.27. The molecule has 0 bridgehead atoms. The lowest BCUT2D eigenvalue weighted by Gasteiger charge is -2.26. The number of aromatic amines is 1. The monoisotopic (exact) mass is 284 g/mol. The number of thioether (sulfide) groups is 1. The number of H-pyrrole nitrogens is 1. The Balaban J connectivity index is 1.91. The standard InChI is InChI=1S/C12H20N4O2S/c1-7(11(5-17)19-2)16-12(18)9-3-8-10(4-13-9)15-6-14-8/h6-7,9,11,13,17H,3-5H2,1-2H3,(H,14,15)(H,16,18). The van der Waals surface area contributed by atoms with E-state index in [-0.39, 0.29) is 29.8 Å². The summed E-state index contributed by atoms with van der Waals surface area (Å²) in [4.78, 5) is 19.4. The Morgan fingerprint density at radius 3 is 3.21 bits per heavy atom. The van der Waals surface area contributed by atoms with E-state index in [2.05, 4.69) is 20.6 Å². The van der Waals surface area contributed by atoms with Gasteiger partial charge in [-0.05, 0) is 13.2 Å². The van der Waals surface area contributed by atoms with Gasteiger partial charge in [0.15, 0.2) is 0 Å². The van der Waals surface area contributed by atoms with Crippen molar-refractivity contribution < 1.29 is 9.90 Å². The summed E-state index contributed by atoms with van der Waals surface area (Å²) in [5, 5.41) is 15.4. The quantitative estimate of drug-likeness (QED) is 0.593. The fourth-order valence-electron chi connectivity index (χ4n) is 2.21. The van der Waals surface area contributed by atoms with Crippen LogP contribution in [0.2, 0.25) is 0 Å². The SMILES string of the molecule is CSC(CO)C(C)NC(=O)C1Cc2nc[nH]c2CN1. The Hall–Kier alpha value is -1.05. The third-order valence-corrected chi connectivity index (χ3v) is 4.62. The number of fused-ring (bicyclic) bond motifs is 1. The first-order chi connectivity index (χ1) is 9.15. The van der Waals surface area contributed by atoms with Gasteiger partial charge in [0.1, 0.15) is 0 Å². The van der Waals surface area contributed by atoms with E-state index in [4.69, 9.17) is 0 Å². The predicted octanol–water partition coefficient (Wildman–Crippen LogP) is -0.347. The van der Waals surface area contributed by atoms with E-state index < -0.39 is 0 Å². The van der Waals surface area contributed by atoms with E-state index in [1.165, 1.54) is 0 Å². The number of rotatable bonds is 5. The molecule has 0 fully saturated rings. The van der Waals surface area contributed by atoms with Crippen LogP contribution in [0, 0.1) is 0 Å². The molecular formula is C12H20N4O2S. The summed E-state index contributed by atoms with van der Waals surface area (Å²) in [6.07, 6.45) is 4.18. The van der Waals surface area contributed by atoms with Gasteiger partial charge >= 0.3 is 0 Å². The molecule has 19 heavy (non-hydrogen) atoms. The minimum Gasteiger partial charge on any atom is -0.395 e. The van der Waals surface area contributed by atoms with Gasteiger partial charge in [-0.3, -0.25) is 10.1 Å². The van der Waals surface area contributed by atoms with Crippen LogP contribution >= 0.6 is 11.8 Å². The molecule has 0 saturated heterocycles. The van der Waals surface area contributed by atoms with Gasteiger partial charge in [0, 0.05) is 24.3 Å². The number of carbonyl (C=O) groups is 1. The van der Waals surface area contributed by atoms with Crippen molar-refractivity contribution in [3.63, 3.8) is 0 Å². The Labute approximate surface area is 116 Å². The number of aromatic nitrogens is 2. The zero-order valence-electron chi connectivity index (χ0n) is 11.1. The largest absolute Gasteiger partial charge is 0.395 e. The summed E-state index contributed by atoms with van der Waals surface area (Å²) < 4.78 is 0. The second-order valence-corrected chi connectivity index (χ2v) is 5.80. The fourth-order valence-corrected chi connectivity index (χ4v) is 2.83. The summed E-state index contributed by atoms with van der Waals surface area (Å²) >= 11 is 1.55. The number of imidazole rings is 1. The van der Waals surface area contributed by atoms with Gasteiger partial charge in [0.05, 0.1) is 30.4 Å². The molecule has 0 aliphatic carbocycles. The normalized spacial score (nSPS) is 21.5. The van der Waals surface area contributed by atoms with Crippen LogP contribution in [0.15, 0.2) is 6.33 Å². The van der Waals surface area contributed by atoms with Crippen LogP contribution in [0.5, 0.6) is 0 Å². The van der Waals surface area contributed by atoms with E-state index in [0.29, 0.717) is 13.0 Å². The lowest BCUT2D eigenvalue weighted by Crippen LogP contribution is -2.52. The number of amides is 1. The van der Waals surface area contributed by atoms with Crippen LogP contribution in [0.1, 0.15) is 18.3 Å². The predicted molar refractivity (Wildman–Crippen MR) is 74.9 cm³/mol. The van der Waals surface area contributed by atoms with Crippen LogP contribution in [-0.4, -0.2) is 51.2 Å². The minimum absolute atomic E-state index is 0.0217. The van der Waals surface area contributed by atoms with Crippen molar-refractivity contribution in [3.05, 3.63) is 17.7 Å². The molecule has 3 atom stereocenters. The number of hydrogen-bond donors (Lipinski definition) is 4. The molecule has 4 N–H and O–H groups in total. The molecule has 3 unspecified atom stereocenters. The molecule has 1 aliphatic rings. The van der Waals surface area contributed by atoms with Gasteiger partial charge in [-0.2, -0.15) is 11.8 Å². The highest BCUT2D eigenvalue weighted by atomic mass is 32.2. The number of aliphatic hydroxyl groups excluding tert-OH is 1. The summed E-state index contributed by atoms with van der Waals surface area (Å²) in [5.41, 5.74) is 2.00. The van der Waals surface area contributed by atoms with Gasteiger partial charge in [-0.15, -0.1) is 0 Å². The van der Waals surface area contributed by atoms with Gasteiger partial charge in [0.2, 0.25) is 5.91 Å². The summed E-state index contributed by atoms with van der Waals surface area (Å²) in [6, 6.07) is -0.311. The highest BCUT2D eigenvalue weighted by molar-refractivity contribution is 7.99. The van der Waals surface area contributed by atoms with Crippen molar-refractivity contribution in [1.29, 1.82) is 0 Å². The Morgan fingerprint density at radius 1 is 1.74 bits per heavy atom. The Morgan fingerprint density at radius 2 is 2.53 bits per heavy atom. The van der Waals surface area contributed by atoms with Crippen LogP contribution in [-0.2, 0) is 17.8 Å². The van der Waals surface area contributed by atoms with Crippen molar-refractivity contribution >= 4 is 17.7 Å². The molecule has 1 aromatic heterocycles. The van der Waals surface area contributed by atoms with Crippen molar-refractivity contribution in [3.8, 4) is 0 Å². The molecule has 1 aliphatic heterocycles. The molecule has 1 aromatic rings. The number of nitrogens with one attached hydrogen (secondary N) is 3. The second-order valence-electron chi connectivity index (χ2n) is 4.72. The first-order valence-corrected chi connectivity index (χ1v) is 7.63. The van der Waals surface area contributed by atoms with Gasteiger partial charge in [-0.25, -0.2) is 4.98 Å². The van der Waals surface area contributed by atoms with Crippen LogP contribution in [0.3, 0.4) is 0 Å². The Bertz CT molecular complexity index is 433. The zero-order valence-corrected chi connectivity index (χ0v) is 12.0. The first kappa shape index (κ1) is 14.4. The number of nitrogens with zero attached hydrogens (tertiary/aromatic N) is 1. The summed E-state index contributed by atoms with van der Waals surface area (Å²) in [5.74, 6) is -0.0337. The lowest BCUT2D eigenvalue weighted by molar-refractivity contribution is -0.124. The van der Waals surface area contributed by atoms with Gasteiger partial charge in [-0.1, -0.05) is 0 Å². The van der Waals surface area contributed by atoms with Crippen LogP contribution in [0.4, 0.5) is 0 Å². The minimum atomic E-state index is -0.251. The van der Waals surface area contributed by atoms with E-state index in [1.807, 2.05) is 13.2 Å². The molecule has 1 amide bonds. The van der Waals surface area contributed by atoms with Crippen LogP contribution in [0.25, 0.3) is 0 Å². The highest BCUT2D eigenvalue weighted by Crippen LogP contribution is 2.14. The molecule has 0 aromatic carbocycles.